The van der Waals surface area contributed by atoms with Crippen LogP contribution in [0.5, 0.6) is 17.2 Å². The van der Waals surface area contributed by atoms with E-state index in [1.54, 1.807) is 6.07 Å². The summed E-state index contributed by atoms with van der Waals surface area (Å²) in [6.45, 7) is 4.62. The van der Waals surface area contributed by atoms with Crippen molar-refractivity contribution in [2.45, 2.75) is 26.6 Å². The van der Waals surface area contributed by atoms with Crippen molar-refractivity contribution >= 4 is 11.0 Å². The lowest BCUT2D eigenvalue weighted by Crippen LogP contribution is -2.18. The number of alkyl halides is 3. The van der Waals surface area contributed by atoms with Crippen LogP contribution in [-0.2, 0) is 12.7 Å². The van der Waals surface area contributed by atoms with Gasteiger partial charge in [0.15, 0.2) is 11.5 Å². The third kappa shape index (κ3) is 3.46. The second-order valence-corrected chi connectivity index (χ2v) is 6.69. The number of fused-ring (bicyclic) bond motifs is 2. The lowest BCUT2D eigenvalue weighted by atomic mass is 10.1. The van der Waals surface area contributed by atoms with Crippen molar-refractivity contribution in [2.75, 3.05) is 19.8 Å². The number of halogens is 3. The van der Waals surface area contributed by atoms with E-state index in [9.17, 15) is 13.2 Å². The molecule has 0 amide bonds. The number of ether oxygens (including phenoxy) is 3. The summed E-state index contributed by atoms with van der Waals surface area (Å²) < 4.78 is 58.5. The van der Waals surface area contributed by atoms with E-state index < -0.39 is 12.0 Å². The maximum atomic E-state index is 13.5. The summed E-state index contributed by atoms with van der Waals surface area (Å²) in [4.78, 5) is 3.80. The summed E-state index contributed by atoms with van der Waals surface area (Å²) in [6.07, 6.45) is -4.58. The van der Waals surface area contributed by atoms with Crippen molar-refractivity contribution in [3.05, 3.63) is 47.3 Å². The first-order valence-corrected chi connectivity index (χ1v) is 8.90. The van der Waals surface area contributed by atoms with E-state index in [-0.39, 0.29) is 18.7 Å². The normalized spacial score (nSPS) is 13.8. The number of benzene rings is 2. The highest BCUT2D eigenvalue weighted by Crippen LogP contribution is 2.38. The fraction of sp³-hybridized carbons (Fsp3) is 0.350. The predicted octanol–water partition coefficient (Wildman–Crippen LogP) is 4.52. The summed E-state index contributed by atoms with van der Waals surface area (Å²) in [6, 6.07) is 8.78. The van der Waals surface area contributed by atoms with Crippen molar-refractivity contribution in [2.24, 2.45) is 0 Å². The van der Waals surface area contributed by atoms with Crippen LogP contribution in [0, 0.1) is 13.8 Å². The fourth-order valence-corrected chi connectivity index (χ4v) is 3.21. The van der Waals surface area contributed by atoms with Gasteiger partial charge in [-0.15, -0.1) is 0 Å². The molecule has 2 heterocycles. The van der Waals surface area contributed by atoms with Crippen molar-refractivity contribution in [1.82, 2.24) is 9.55 Å². The Morgan fingerprint density at radius 2 is 1.79 bits per heavy atom. The molecule has 0 N–H and O–H groups in total. The zero-order valence-electron chi connectivity index (χ0n) is 15.5. The Morgan fingerprint density at radius 3 is 2.50 bits per heavy atom. The molecule has 28 heavy (non-hydrogen) atoms. The number of aryl methyl sites for hydroxylation is 2. The zero-order valence-corrected chi connectivity index (χ0v) is 15.5. The Kier molecular flexibility index (Phi) is 4.56. The average Bonchev–Trinajstić information content (AvgIpc) is 3.01. The lowest BCUT2D eigenvalue weighted by molar-refractivity contribution is -0.147. The molecule has 0 saturated heterocycles. The van der Waals surface area contributed by atoms with E-state index in [2.05, 4.69) is 4.98 Å². The van der Waals surface area contributed by atoms with Crippen molar-refractivity contribution < 1.29 is 27.4 Å². The molecule has 0 radical (unpaired) electrons. The van der Waals surface area contributed by atoms with E-state index in [1.807, 2.05) is 32.0 Å². The summed E-state index contributed by atoms with van der Waals surface area (Å²) in [5.74, 6) is 0.523. The van der Waals surface area contributed by atoms with Crippen LogP contribution >= 0.6 is 0 Å². The maximum Gasteiger partial charge on any atom is 0.449 e. The molecule has 0 unspecified atom stereocenters. The van der Waals surface area contributed by atoms with Crippen molar-refractivity contribution in [1.29, 1.82) is 0 Å². The van der Waals surface area contributed by atoms with Gasteiger partial charge in [0.2, 0.25) is 5.82 Å². The number of aromatic nitrogens is 2. The molecule has 2 aromatic carbocycles. The van der Waals surface area contributed by atoms with Crippen LogP contribution in [0.15, 0.2) is 30.3 Å². The molecule has 3 aromatic rings. The molecule has 8 heteroatoms. The molecule has 0 fully saturated rings. The number of nitrogens with zero attached hydrogens (tertiary/aromatic N) is 2. The quantitative estimate of drug-likeness (QED) is 0.655. The topological polar surface area (TPSA) is 45.5 Å². The average molecular weight is 392 g/mol. The smallest absolute Gasteiger partial charge is 0.449 e. The molecule has 0 bridgehead atoms. The van der Waals surface area contributed by atoms with Gasteiger partial charge in [-0.25, -0.2) is 4.98 Å². The number of imidazole rings is 1. The van der Waals surface area contributed by atoms with Gasteiger partial charge in [0.25, 0.3) is 0 Å². The number of hydrogen-bond acceptors (Lipinski definition) is 4. The van der Waals surface area contributed by atoms with E-state index in [4.69, 9.17) is 14.2 Å². The summed E-state index contributed by atoms with van der Waals surface area (Å²) in [7, 11) is 0. The Balaban J connectivity index is 1.67. The minimum atomic E-state index is -4.58. The predicted molar refractivity (Wildman–Crippen MR) is 97.1 cm³/mol. The summed E-state index contributed by atoms with van der Waals surface area (Å²) >= 11 is 0. The number of rotatable bonds is 4. The summed E-state index contributed by atoms with van der Waals surface area (Å²) in [5.41, 5.74) is 2.50. The van der Waals surface area contributed by atoms with Crippen LogP contribution in [0.4, 0.5) is 13.2 Å². The van der Waals surface area contributed by atoms with Gasteiger partial charge < -0.3 is 18.8 Å². The molecule has 0 saturated carbocycles. The molecule has 5 nitrogen and oxygen atoms in total. The van der Waals surface area contributed by atoms with Gasteiger partial charge >= 0.3 is 6.18 Å². The van der Waals surface area contributed by atoms with Crippen LogP contribution in [0.3, 0.4) is 0 Å². The molecule has 4 rings (SSSR count). The van der Waals surface area contributed by atoms with Crippen LogP contribution in [0.25, 0.3) is 11.0 Å². The molecular formula is C20H19F3N2O3. The molecule has 0 spiro atoms. The fourth-order valence-electron chi connectivity index (χ4n) is 3.21. The maximum absolute atomic E-state index is 13.5. The first kappa shape index (κ1) is 18.5. The van der Waals surface area contributed by atoms with E-state index in [1.165, 1.54) is 6.07 Å². The number of hydrogen-bond donors (Lipinski definition) is 0. The Hall–Kier alpha value is -2.90. The molecular weight excluding hydrogens is 373 g/mol. The minimum absolute atomic E-state index is 0.00162. The third-order valence-electron chi connectivity index (χ3n) is 4.58. The molecule has 1 aliphatic heterocycles. The molecule has 0 aliphatic carbocycles. The third-order valence-corrected chi connectivity index (χ3v) is 4.58. The van der Waals surface area contributed by atoms with Gasteiger partial charge in [-0.2, -0.15) is 13.2 Å². The van der Waals surface area contributed by atoms with Gasteiger partial charge in [-0.1, -0.05) is 12.1 Å². The Bertz CT molecular complexity index is 1030. The van der Waals surface area contributed by atoms with Gasteiger partial charge in [-0.3, -0.25) is 0 Å². The van der Waals surface area contributed by atoms with E-state index in [0.29, 0.717) is 36.0 Å². The molecule has 148 valence electrons. The first-order chi connectivity index (χ1) is 13.3. The molecule has 1 aliphatic rings. The van der Waals surface area contributed by atoms with Crippen molar-refractivity contribution in [3.63, 3.8) is 0 Å². The second kappa shape index (κ2) is 6.92. The highest BCUT2D eigenvalue weighted by Gasteiger charge is 2.38. The Morgan fingerprint density at radius 1 is 1.07 bits per heavy atom. The van der Waals surface area contributed by atoms with E-state index >= 15 is 0 Å². The highest BCUT2D eigenvalue weighted by atomic mass is 19.4. The van der Waals surface area contributed by atoms with Crippen LogP contribution in [0.2, 0.25) is 0 Å². The second-order valence-electron chi connectivity index (χ2n) is 6.69. The Labute approximate surface area is 159 Å². The van der Waals surface area contributed by atoms with Gasteiger partial charge in [0, 0.05) is 12.1 Å². The summed E-state index contributed by atoms with van der Waals surface area (Å²) in [5, 5.41) is 0. The zero-order chi connectivity index (χ0) is 19.9. The molecule has 1 aromatic heterocycles. The molecule has 0 atom stereocenters. The van der Waals surface area contributed by atoms with Gasteiger partial charge in [0.05, 0.1) is 17.6 Å². The van der Waals surface area contributed by atoms with E-state index in [0.717, 1.165) is 15.7 Å². The van der Waals surface area contributed by atoms with Crippen LogP contribution in [0.1, 0.15) is 17.0 Å². The van der Waals surface area contributed by atoms with Gasteiger partial charge in [-0.05, 0) is 31.0 Å². The van der Waals surface area contributed by atoms with Gasteiger partial charge in [0.1, 0.15) is 25.6 Å². The highest BCUT2D eigenvalue weighted by molar-refractivity contribution is 5.81. The van der Waals surface area contributed by atoms with Crippen molar-refractivity contribution in [3.8, 4) is 17.2 Å². The minimum Gasteiger partial charge on any atom is -0.491 e. The lowest BCUT2D eigenvalue weighted by Gasteiger charge is -2.18. The monoisotopic (exact) mass is 392 g/mol. The SMILES string of the molecule is Cc1ccc(C)c(OCCn2c(C(F)(F)F)nc3cc4c(cc32)OCCO4)c1. The standard InChI is InChI=1S/C20H19F3N2O3/c1-12-3-4-13(2)16(9-12)26-6-5-25-15-11-18-17(27-7-8-28-18)10-14(15)24-19(25)20(21,22)23/h3-4,9-11H,5-8H2,1-2H3. The van der Waals surface area contributed by atoms with Crippen LogP contribution < -0.4 is 14.2 Å². The van der Waals surface area contributed by atoms with Crippen LogP contribution in [-0.4, -0.2) is 29.4 Å². The largest absolute Gasteiger partial charge is 0.491 e. The first-order valence-electron chi connectivity index (χ1n) is 8.90.